The number of hydrogen-bond donors (Lipinski definition) is 0. The molecule has 174 valence electrons. The molecule has 2 aliphatic heterocycles. The number of aryl methyl sites for hydroxylation is 1. The zero-order valence-corrected chi connectivity index (χ0v) is 19.7. The molecular formula is C23H31N3O5S. The lowest BCUT2D eigenvalue weighted by atomic mass is 10.1. The smallest absolute Gasteiger partial charge is 0.253 e. The fourth-order valence-electron chi connectivity index (χ4n) is 4.44. The lowest BCUT2D eigenvalue weighted by Crippen LogP contribution is -2.26. The second-order valence-corrected chi connectivity index (χ2v) is 11.0. The quantitative estimate of drug-likeness (QED) is 0.630. The highest BCUT2D eigenvalue weighted by Gasteiger charge is 2.31. The SMILES string of the molecule is Cc1nn(C2CCS(=O)(=O)C2)c(C)c1CN(C)C(=O)c1ccc(OCC2CCCO2)cc1. The van der Waals surface area contributed by atoms with Crippen LogP contribution in [-0.4, -0.2) is 66.9 Å². The van der Waals surface area contributed by atoms with Gasteiger partial charge in [0.15, 0.2) is 9.84 Å². The van der Waals surface area contributed by atoms with Crippen molar-refractivity contribution in [2.45, 2.75) is 51.8 Å². The number of amides is 1. The van der Waals surface area contributed by atoms with Gasteiger partial charge in [-0.15, -0.1) is 0 Å². The van der Waals surface area contributed by atoms with Gasteiger partial charge in [0.1, 0.15) is 12.4 Å². The number of benzene rings is 1. The van der Waals surface area contributed by atoms with Crippen molar-refractivity contribution in [3.63, 3.8) is 0 Å². The molecule has 0 saturated carbocycles. The maximum atomic E-state index is 13.0. The van der Waals surface area contributed by atoms with Crippen molar-refractivity contribution < 1.29 is 22.7 Å². The van der Waals surface area contributed by atoms with E-state index in [2.05, 4.69) is 5.10 Å². The summed E-state index contributed by atoms with van der Waals surface area (Å²) in [5.74, 6) is 0.964. The molecule has 0 aliphatic carbocycles. The summed E-state index contributed by atoms with van der Waals surface area (Å²) in [6.45, 7) is 5.58. The molecule has 4 rings (SSSR count). The van der Waals surface area contributed by atoms with Gasteiger partial charge in [-0.2, -0.15) is 5.10 Å². The largest absolute Gasteiger partial charge is 0.491 e. The fourth-order valence-corrected chi connectivity index (χ4v) is 6.13. The maximum Gasteiger partial charge on any atom is 0.253 e. The lowest BCUT2D eigenvalue weighted by molar-refractivity contribution is 0.0679. The van der Waals surface area contributed by atoms with Gasteiger partial charge in [-0.3, -0.25) is 9.48 Å². The Balaban J connectivity index is 1.39. The minimum absolute atomic E-state index is 0.0920. The molecular weight excluding hydrogens is 430 g/mol. The Labute approximate surface area is 189 Å². The van der Waals surface area contributed by atoms with Gasteiger partial charge in [-0.25, -0.2) is 8.42 Å². The van der Waals surface area contributed by atoms with Crippen LogP contribution < -0.4 is 4.74 Å². The number of sulfone groups is 1. The zero-order valence-electron chi connectivity index (χ0n) is 18.9. The predicted molar refractivity (Wildman–Crippen MR) is 121 cm³/mol. The van der Waals surface area contributed by atoms with Gasteiger partial charge in [0.2, 0.25) is 0 Å². The van der Waals surface area contributed by atoms with Crippen molar-refractivity contribution >= 4 is 15.7 Å². The van der Waals surface area contributed by atoms with E-state index >= 15 is 0 Å². The third kappa shape index (κ3) is 4.99. The molecule has 0 bridgehead atoms. The van der Waals surface area contributed by atoms with Crippen molar-refractivity contribution in [1.29, 1.82) is 0 Å². The molecule has 1 aromatic carbocycles. The summed E-state index contributed by atoms with van der Waals surface area (Å²) in [6.07, 6.45) is 2.83. The van der Waals surface area contributed by atoms with Crippen molar-refractivity contribution in [1.82, 2.24) is 14.7 Å². The first-order chi connectivity index (χ1) is 15.2. The Morgan fingerprint density at radius 3 is 2.62 bits per heavy atom. The van der Waals surface area contributed by atoms with Gasteiger partial charge >= 0.3 is 0 Å². The average molecular weight is 462 g/mol. The molecule has 8 nitrogen and oxygen atoms in total. The molecule has 3 heterocycles. The molecule has 2 fully saturated rings. The van der Waals surface area contributed by atoms with E-state index < -0.39 is 9.84 Å². The molecule has 2 aliphatic rings. The van der Waals surface area contributed by atoms with Crippen molar-refractivity contribution in [3.05, 3.63) is 46.8 Å². The van der Waals surface area contributed by atoms with Crippen molar-refractivity contribution in [3.8, 4) is 5.75 Å². The second-order valence-electron chi connectivity index (χ2n) is 8.78. The standard InChI is InChI=1S/C23H31N3O5S/c1-16-22(17(2)26(24-16)19-10-12-32(28,29)15-19)13-25(3)23(27)18-6-8-20(9-7-18)31-14-21-5-4-11-30-21/h6-9,19,21H,4-5,10-15H2,1-3H3. The number of aromatic nitrogens is 2. The Kier molecular flexibility index (Phi) is 6.57. The Hall–Kier alpha value is -2.39. The van der Waals surface area contributed by atoms with E-state index in [4.69, 9.17) is 9.47 Å². The van der Waals surface area contributed by atoms with E-state index in [1.165, 1.54) is 0 Å². The van der Waals surface area contributed by atoms with Gasteiger partial charge in [0, 0.05) is 37.0 Å². The number of carbonyl (C=O) groups excluding carboxylic acids is 1. The summed E-state index contributed by atoms with van der Waals surface area (Å²) in [5.41, 5.74) is 3.29. The van der Waals surface area contributed by atoms with Gasteiger partial charge in [0.25, 0.3) is 5.91 Å². The van der Waals surface area contributed by atoms with Gasteiger partial charge in [-0.05, 0) is 57.4 Å². The molecule has 9 heteroatoms. The van der Waals surface area contributed by atoms with Crippen LogP contribution in [0.1, 0.15) is 52.6 Å². The third-order valence-corrected chi connectivity index (χ3v) is 8.08. The molecule has 2 atom stereocenters. The highest BCUT2D eigenvalue weighted by Crippen LogP contribution is 2.27. The molecule has 32 heavy (non-hydrogen) atoms. The van der Waals surface area contributed by atoms with Crippen LogP contribution in [0.4, 0.5) is 0 Å². The van der Waals surface area contributed by atoms with Crippen LogP contribution in [0.25, 0.3) is 0 Å². The number of hydrogen-bond acceptors (Lipinski definition) is 6. The van der Waals surface area contributed by atoms with Crippen LogP contribution in [0.5, 0.6) is 5.75 Å². The molecule has 2 saturated heterocycles. The minimum atomic E-state index is -2.99. The normalized spacial score (nSPS) is 22.2. The first-order valence-corrected chi connectivity index (χ1v) is 12.9. The van der Waals surface area contributed by atoms with Crippen LogP contribution in [0.2, 0.25) is 0 Å². The first-order valence-electron chi connectivity index (χ1n) is 11.1. The van der Waals surface area contributed by atoms with Crippen LogP contribution in [0.15, 0.2) is 24.3 Å². The third-order valence-electron chi connectivity index (χ3n) is 6.33. The number of nitrogens with zero attached hydrogens (tertiary/aromatic N) is 3. The zero-order chi connectivity index (χ0) is 22.9. The maximum absolute atomic E-state index is 13.0. The summed E-state index contributed by atoms with van der Waals surface area (Å²) >= 11 is 0. The highest BCUT2D eigenvalue weighted by molar-refractivity contribution is 7.91. The van der Waals surface area contributed by atoms with Gasteiger partial charge in [0.05, 0.1) is 29.3 Å². The molecule has 0 spiro atoms. The Morgan fingerprint density at radius 1 is 1.25 bits per heavy atom. The summed E-state index contributed by atoms with van der Waals surface area (Å²) in [7, 11) is -1.23. The Bertz CT molecular complexity index is 1070. The van der Waals surface area contributed by atoms with E-state index in [0.29, 0.717) is 25.1 Å². The van der Waals surface area contributed by atoms with Crippen LogP contribution in [-0.2, 0) is 21.1 Å². The van der Waals surface area contributed by atoms with Crippen molar-refractivity contribution in [2.75, 3.05) is 31.8 Å². The van der Waals surface area contributed by atoms with Crippen LogP contribution in [0, 0.1) is 13.8 Å². The lowest BCUT2D eigenvalue weighted by Gasteiger charge is -2.18. The van der Waals surface area contributed by atoms with Crippen LogP contribution >= 0.6 is 0 Å². The van der Waals surface area contributed by atoms with Gasteiger partial charge in [-0.1, -0.05) is 0 Å². The summed E-state index contributed by atoms with van der Waals surface area (Å²) in [4.78, 5) is 14.6. The monoisotopic (exact) mass is 461 g/mol. The molecule has 1 amide bonds. The predicted octanol–water partition coefficient (Wildman–Crippen LogP) is 2.69. The summed E-state index contributed by atoms with van der Waals surface area (Å²) in [5, 5.41) is 4.60. The highest BCUT2D eigenvalue weighted by atomic mass is 32.2. The topological polar surface area (TPSA) is 90.7 Å². The average Bonchev–Trinajstić information content (AvgIpc) is 3.48. The van der Waals surface area contributed by atoms with Gasteiger partial charge < -0.3 is 14.4 Å². The molecule has 2 aromatic rings. The molecule has 1 aromatic heterocycles. The first kappa shape index (κ1) is 22.8. The molecule has 0 radical (unpaired) electrons. The minimum Gasteiger partial charge on any atom is -0.491 e. The van der Waals surface area contributed by atoms with E-state index in [-0.39, 0.29) is 29.6 Å². The van der Waals surface area contributed by atoms with E-state index in [1.807, 2.05) is 30.7 Å². The Morgan fingerprint density at radius 2 is 2.00 bits per heavy atom. The summed E-state index contributed by atoms with van der Waals surface area (Å²) in [6, 6.07) is 7.04. The van der Waals surface area contributed by atoms with E-state index in [0.717, 1.165) is 42.1 Å². The number of rotatable bonds is 7. The fraction of sp³-hybridized carbons (Fsp3) is 0.565. The van der Waals surface area contributed by atoms with Crippen molar-refractivity contribution in [2.24, 2.45) is 0 Å². The number of carbonyl (C=O) groups is 1. The number of ether oxygens (including phenoxy) is 2. The summed E-state index contributed by atoms with van der Waals surface area (Å²) < 4.78 is 36.9. The van der Waals surface area contributed by atoms with E-state index in [1.54, 1.807) is 24.1 Å². The molecule has 0 N–H and O–H groups in total. The molecule has 2 unspecified atom stereocenters. The van der Waals surface area contributed by atoms with Crippen LogP contribution in [0.3, 0.4) is 0 Å². The van der Waals surface area contributed by atoms with E-state index in [9.17, 15) is 13.2 Å². The second kappa shape index (κ2) is 9.23.